The Morgan fingerprint density at radius 3 is 2.56 bits per heavy atom. The molecule has 2 aromatic carbocycles. The molecule has 0 spiro atoms. The number of aromatic amines is 1. The number of hydrogen-bond acceptors (Lipinski definition) is 3. The van der Waals surface area contributed by atoms with Crippen LogP contribution in [-0.4, -0.2) is 21.0 Å². The summed E-state index contributed by atoms with van der Waals surface area (Å²) in [4.78, 5) is 24.4. The molecule has 2 amide bonds. The number of imidazole rings is 1. The van der Waals surface area contributed by atoms with E-state index in [-0.39, 0.29) is 5.69 Å². The van der Waals surface area contributed by atoms with Gasteiger partial charge in [0.2, 0.25) is 0 Å². The van der Waals surface area contributed by atoms with Crippen molar-refractivity contribution in [2.24, 2.45) is 0 Å². The number of urea groups is 1. The zero-order valence-corrected chi connectivity index (χ0v) is 17.5. The second-order valence-corrected chi connectivity index (χ2v) is 7.55. The van der Waals surface area contributed by atoms with Crippen LogP contribution < -0.4 is 10.6 Å². The lowest BCUT2D eigenvalue weighted by Gasteiger charge is -2.13. The fourth-order valence-corrected chi connectivity index (χ4v) is 3.48. The number of anilines is 2. The van der Waals surface area contributed by atoms with Crippen LogP contribution in [0.2, 0.25) is 5.02 Å². The Morgan fingerprint density at radius 2 is 1.84 bits per heavy atom. The smallest absolute Gasteiger partial charge is 0.342 e. The number of alkyl halides is 3. The van der Waals surface area contributed by atoms with E-state index < -0.39 is 22.8 Å². The van der Waals surface area contributed by atoms with Gasteiger partial charge in [0.25, 0.3) is 0 Å². The van der Waals surface area contributed by atoms with Crippen LogP contribution in [0.5, 0.6) is 0 Å². The molecule has 0 aliphatic heterocycles. The van der Waals surface area contributed by atoms with E-state index in [1.165, 1.54) is 6.07 Å². The molecule has 3 N–H and O–H groups in total. The van der Waals surface area contributed by atoms with Crippen molar-refractivity contribution in [2.45, 2.75) is 19.5 Å². The highest BCUT2D eigenvalue weighted by Gasteiger charge is 2.33. The molecular weight excluding hydrogens is 443 g/mol. The van der Waals surface area contributed by atoms with Gasteiger partial charge >= 0.3 is 12.2 Å². The van der Waals surface area contributed by atoms with Crippen molar-refractivity contribution in [3.8, 4) is 0 Å². The molecule has 0 bridgehead atoms. The summed E-state index contributed by atoms with van der Waals surface area (Å²) < 4.78 is 39.2. The van der Waals surface area contributed by atoms with Gasteiger partial charge in [0.1, 0.15) is 11.3 Å². The minimum absolute atomic E-state index is 0.0375. The number of carbonyl (C=O) groups excluding carboxylic acids is 1. The third-order valence-electron chi connectivity index (χ3n) is 4.80. The van der Waals surface area contributed by atoms with Gasteiger partial charge in [-0.1, -0.05) is 17.7 Å². The number of pyridine rings is 1. The molecule has 0 aliphatic carbocycles. The first-order valence-electron chi connectivity index (χ1n) is 9.52. The number of nitrogens with one attached hydrogen (secondary N) is 3. The molecule has 2 aromatic heterocycles. The van der Waals surface area contributed by atoms with Crippen LogP contribution in [0.4, 0.5) is 29.3 Å². The number of aryl methyl sites for hydroxylation is 1. The van der Waals surface area contributed by atoms with Crippen molar-refractivity contribution in [2.75, 3.05) is 10.6 Å². The van der Waals surface area contributed by atoms with E-state index in [1.807, 2.05) is 24.3 Å². The number of H-pyrrole nitrogens is 1. The van der Waals surface area contributed by atoms with Gasteiger partial charge in [-0.2, -0.15) is 13.2 Å². The standard InChI is InChI=1S/C22H17ClF3N5O/c1-12-2-5-17-20(30-18(29-17)10-13-6-8-27-9-7-13)19(12)31-21(32)28-14-3-4-16(23)15(11-14)22(24,25)26/h2-9,11H,10H2,1H3,(H,29,30)(H2,28,31,32). The predicted molar refractivity (Wildman–Crippen MR) is 117 cm³/mol. The third kappa shape index (κ3) is 4.67. The number of halogens is 4. The Kier molecular flexibility index (Phi) is 5.75. The summed E-state index contributed by atoms with van der Waals surface area (Å²) in [7, 11) is 0. The first-order chi connectivity index (χ1) is 15.2. The Bertz CT molecular complexity index is 1290. The normalized spacial score (nSPS) is 11.5. The van der Waals surface area contributed by atoms with Crippen LogP contribution in [0, 0.1) is 6.92 Å². The maximum atomic E-state index is 13.1. The SMILES string of the molecule is Cc1ccc2[nH]c(Cc3ccncc3)nc2c1NC(=O)Nc1ccc(Cl)c(C(F)(F)F)c1. The number of benzene rings is 2. The maximum absolute atomic E-state index is 13.1. The second kappa shape index (κ2) is 8.51. The predicted octanol–water partition coefficient (Wildman–Crippen LogP) is 6.17. The summed E-state index contributed by atoms with van der Waals surface area (Å²) in [5, 5.41) is 4.67. The zero-order chi connectivity index (χ0) is 22.9. The van der Waals surface area contributed by atoms with E-state index in [0.717, 1.165) is 28.8 Å². The number of amides is 2. The van der Waals surface area contributed by atoms with Crippen LogP contribution in [0.1, 0.15) is 22.5 Å². The van der Waals surface area contributed by atoms with Crippen LogP contribution in [0.15, 0.2) is 54.9 Å². The largest absolute Gasteiger partial charge is 0.417 e. The lowest BCUT2D eigenvalue weighted by atomic mass is 10.1. The molecule has 0 fully saturated rings. The Balaban J connectivity index is 1.57. The van der Waals surface area contributed by atoms with E-state index >= 15 is 0 Å². The van der Waals surface area contributed by atoms with E-state index in [0.29, 0.717) is 23.4 Å². The van der Waals surface area contributed by atoms with Gasteiger partial charge in [-0.15, -0.1) is 0 Å². The molecule has 0 aliphatic rings. The fraction of sp³-hybridized carbons (Fsp3) is 0.136. The number of rotatable bonds is 4. The monoisotopic (exact) mass is 459 g/mol. The lowest BCUT2D eigenvalue weighted by Crippen LogP contribution is -2.20. The molecule has 164 valence electrons. The topological polar surface area (TPSA) is 82.7 Å². The van der Waals surface area contributed by atoms with Crippen molar-refractivity contribution in [3.05, 3.63) is 82.4 Å². The molecule has 10 heteroatoms. The van der Waals surface area contributed by atoms with E-state index in [4.69, 9.17) is 11.6 Å². The van der Waals surface area contributed by atoms with Gasteiger partial charge in [-0.3, -0.25) is 4.98 Å². The van der Waals surface area contributed by atoms with Gasteiger partial charge in [0.15, 0.2) is 0 Å². The second-order valence-electron chi connectivity index (χ2n) is 7.14. The molecule has 4 rings (SSSR count). The molecule has 0 unspecified atom stereocenters. The number of carbonyl (C=O) groups is 1. The highest BCUT2D eigenvalue weighted by Crippen LogP contribution is 2.36. The minimum atomic E-state index is -4.63. The summed E-state index contributed by atoms with van der Waals surface area (Å²) in [5.41, 5.74) is 2.44. The molecule has 0 saturated carbocycles. The summed E-state index contributed by atoms with van der Waals surface area (Å²) in [5.74, 6) is 0.702. The molecule has 6 nitrogen and oxygen atoms in total. The number of nitrogens with zero attached hydrogens (tertiary/aromatic N) is 2. The van der Waals surface area contributed by atoms with E-state index in [9.17, 15) is 18.0 Å². The molecule has 0 radical (unpaired) electrons. The van der Waals surface area contributed by atoms with Gasteiger partial charge < -0.3 is 15.6 Å². The van der Waals surface area contributed by atoms with Crippen molar-refractivity contribution >= 4 is 40.0 Å². The van der Waals surface area contributed by atoms with Gasteiger partial charge in [0, 0.05) is 24.5 Å². The number of fused-ring (bicyclic) bond motifs is 1. The van der Waals surface area contributed by atoms with E-state index in [1.54, 1.807) is 19.3 Å². The fourth-order valence-electron chi connectivity index (χ4n) is 3.26. The lowest BCUT2D eigenvalue weighted by molar-refractivity contribution is -0.137. The highest BCUT2D eigenvalue weighted by molar-refractivity contribution is 6.31. The molecular formula is C22H17ClF3N5O. The minimum Gasteiger partial charge on any atom is -0.342 e. The van der Waals surface area contributed by atoms with E-state index in [2.05, 4.69) is 25.6 Å². The van der Waals surface area contributed by atoms with Crippen LogP contribution in [-0.2, 0) is 12.6 Å². The maximum Gasteiger partial charge on any atom is 0.417 e. The Hall–Kier alpha value is -3.59. The molecule has 32 heavy (non-hydrogen) atoms. The van der Waals surface area contributed by atoms with Crippen molar-refractivity contribution < 1.29 is 18.0 Å². The summed E-state index contributed by atoms with van der Waals surface area (Å²) in [6, 6.07) is 9.91. The average molecular weight is 460 g/mol. The Labute approximate surface area is 185 Å². The van der Waals surface area contributed by atoms with Gasteiger partial charge in [-0.05, 0) is 54.4 Å². The summed E-state index contributed by atoms with van der Waals surface area (Å²) in [6.45, 7) is 1.80. The average Bonchev–Trinajstić information content (AvgIpc) is 3.14. The van der Waals surface area contributed by atoms with Gasteiger partial charge in [-0.25, -0.2) is 9.78 Å². The highest BCUT2D eigenvalue weighted by atomic mass is 35.5. The quantitative estimate of drug-likeness (QED) is 0.341. The first kappa shape index (κ1) is 21.6. The third-order valence-corrected chi connectivity index (χ3v) is 5.13. The van der Waals surface area contributed by atoms with Crippen molar-refractivity contribution in [1.82, 2.24) is 15.0 Å². The Morgan fingerprint density at radius 1 is 1.09 bits per heavy atom. The van der Waals surface area contributed by atoms with Crippen LogP contribution in [0.25, 0.3) is 11.0 Å². The molecule has 4 aromatic rings. The van der Waals surface area contributed by atoms with Crippen molar-refractivity contribution in [3.63, 3.8) is 0 Å². The molecule has 2 heterocycles. The van der Waals surface area contributed by atoms with Gasteiger partial charge in [0.05, 0.1) is 21.8 Å². The zero-order valence-electron chi connectivity index (χ0n) is 16.7. The first-order valence-corrected chi connectivity index (χ1v) is 9.90. The summed E-state index contributed by atoms with van der Waals surface area (Å²) in [6.07, 6.45) is -0.693. The number of hydrogen-bond donors (Lipinski definition) is 3. The number of aromatic nitrogens is 3. The van der Waals surface area contributed by atoms with Crippen molar-refractivity contribution in [1.29, 1.82) is 0 Å². The van der Waals surface area contributed by atoms with Crippen LogP contribution >= 0.6 is 11.6 Å². The molecule has 0 saturated heterocycles. The van der Waals surface area contributed by atoms with Crippen LogP contribution in [0.3, 0.4) is 0 Å². The molecule has 0 atom stereocenters. The summed E-state index contributed by atoms with van der Waals surface area (Å²) >= 11 is 5.63.